The fourth-order valence-electron chi connectivity index (χ4n) is 1.46. The normalized spacial score (nSPS) is 21.7. The molecule has 0 spiro atoms. The zero-order valence-electron chi connectivity index (χ0n) is 8.07. The highest BCUT2D eigenvalue weighted by Gasteiger charge is 2.21. The molecule has 15 heavy (non-hydrogen) atoms. The third-order valence-electron chi connectivity index (χ3n) is 2.20. The van der Waals surface area contributed by atoms with Gasteiger partial charge in [0.1, 0.15) is 0 Å². The van der Waals surface area contributed by atoms with Crippen molar-refractivity contribution in [2.45, 2.75) is 6.10 Å². The van der Waals surface area contributed by atoms with E-state index in [0.29, 0.717) is 12.5 Å². The zero-order chi connectivity index (χ0) is 10.7. The number of hydrogen-bond donors (Lipinski definition) is 0. The molecule has 0 N–H and O–H groups in total. The van der Waals surface area contributed by atoms with Gasteiger partial charge >= 0.3 is 0 Å². The Morgan fingerprint density at radius 1 is 1.53 bits per heavy atom. The molecule has 0 radical (unpaired) electrons. The SMILES string of the molecule is ClCC1CN(c2ncc(Br)cn2)CCO1. The van der Waals surface area contributed by atoms with Crippen LogP contribution >= 0.6 is 27.5 Å². The van der Waals surface area contributed by atoms with Crippen LogP contribution in [0.1, 0.15) is 0 Å². The topological polar surface area (TPSA) is 38.2 Å². The molecule has 82 valence electrons. The summed E-state index contributed by atoms with van der Waals surface area (Å²) in [6.07, 6.45) is 3.56. The van der Waals surface area contributed by atoms with Gasteiger partial charge in [-0.3, -0.25) is 0 Å². The fraction of sp³-hybridized carbons (Fsp3) is 0.556. The van der Waals surface area contributed by atoms with Crippen LogP contribution in [0.3, 0.4) is 0 Å². The maximum atomic E-state index is 5.76. The first kappa shape index (κ1) is 11.1. The lowest BCUT2D eigenvalue weighted by molar-refractivity contribution is 0.0548. The molecule has 6 heteroatoms. The second kappa shape index (κ2) is 5.09. The van der Waals surface area contributed by atoms with Crippen LogP contribution in [0.25, 0.3) is 0 Å². The lowest BCUT2D eigenvalue weighted by atomic mass is 10.3. The summed E-state index contributed by atoms with van der Waals surface area (Å²) < 4.78 is 6.35. The number of anilines is 1. The first-order valence-electron chi connectivity index (χ1n) is 4.69. The van der Waals surface area contributed by atoms with Crippen molar-refractivity contribution < 1.29 is 4.74 Å². The van der Waals surface area contributed by atoms with E-state index in [1.807, 2.05) is 0 Å². The molecule has 0 amide bonds. The van der Waals surface area contributed by atoms with Gasteiger partial charge < -0.3 is 9.64 Å². The van der Waals surface area contributed by atoms with Crippen LogP contribution in [-0.4, -0.2) is 41.6 Å². The van der Waals surface area contributed by atoms with E-state index >= 15 is 0 Å². The average Bonchev–Trinajstić information content (AvgIpc) is 2.30. The molecule has 0 aromatic carbocycles. The summed E-state index contributed by atoms with van der Waals surface area (Å²) in [5.74, 6) is 1.24. The summed E-state index contributed by atoms with van der Waals surface area (Å²) in [5.41, 5.74) is 0. The van der Waals surface area contributed by atoms with E-state index in [9.17, 15) is 0 Å². The Morgan fingerprint density at radius 2 is 2.27 bits per heavy atom. The molecular weight excluding hydrogens is 281 g/mol. The van der Waals surface area contributed by atoms with Crippen molar-refractivity contribution in [2.24, 2.45) is 0 Å². The summed E-state index contributed by atoms with van der Waals surface area (Å²) in [4.78, 5) is 10.6. The maximum absolute atomic E-state index is 5.76. The van der Waals surface area contributed by atoms with Gasteiger partial charge in [-0.15, -0.1) is 11.6 Å². The molecule has 1 aromatic rings. The van der Waals surface area contributed by atoms with Gasteiger partial charge in [0.05, 0.1) is 23.1 Å². The molecule has 1 saturated heterocycles. The molecule has 2 rings (SSSR count). The third kappa shape index (κ3) is 2.80. The fourth-order valence-corrected chi connectivity index (χ4v) is 1.85. The van der Waals surface area contributed by atoms with Crippen molar-refractivity contribution in [3.63, 3.8) is 0 Å². The molecular formula is C9H11BrClN3O. The zero-order valence-corrected chi connectivity index (χ0v) is 10.4. The van der Waals surface area contributed by atoms with Crippen LogP contribution in [0.4, 0.5) is 5.95 Å². The smallest absolute Gasteiger partial charge is 0.225 e. The lowest BCUT2D eigenvalue weighted by Gasteiger charge is -2.31. The first-order valence-corrected chi connectivity index (χ1v) is 6.02. The first-order chi connectivity index (χ1) is 7.29. The second-order valence-corrected chi connectivity index (χ2v) is 4.52. The van der Waals surface area contributed by atoms with Gasteiger partial charge in [0.2, 0.25) is 5.95 Å². The third-order valence-corrected chi connectivity index (χ3v) is 2.95. The number of nitrogens with zero attached hydrogens (tertiary/aromatic N) is 3. The van der Waals surface area contributed by atoms with Gasteiger partial charge in [-0.1, -0.05) is 0 Å². The predicted molar refractivity (Wildman–Crippen MR) is 62.4 cm³/mol. The predicted octanol–water partition coefficient (Wildman–Crippen LogP) is 1.68. The van der Waals surface area contributed by atoms with E-state index in [1.54, 1.807) is 12.4 Å². The summed E-state index contributed by atoms with van der Waals surface area (Å²) in [5, 5.41) is 0. The molecule has 1 fully saturated rings. The number of halogens is 2. The van der Waals surface area contributed by atoms with E-state index in [1.165, 1.54) is 0 Å². The van der Waals surface area contributed by atoms with Gasteiger partial charge in [0.25, 0.3) is 0 Å². The largest absolute Gasteiger partial charge is 0.373 e. The number of aromatic nitrogens is 2. The van der Waals surface area contributed by atoms with E-state index in [4.69, 9.17) is 16.3 Å². The highest BCUT2D eigenvalue weighted by Crippen LogP contribution is 2.14. The number of ether oxygens (including phenoxy) is 1. The number of hydrogen-bond acceptors (Lipinski definition) is 4. The van der Waals surface area contributed by atoms with Crippen molar-refractivity contribution in [1.82, 2.24) is 9.97 Å². The van der Waals surface area contributed by atoms with Gasteiger partial charge in [-0.05, 0) is 15.9 Å². The second-order valence-electron chi connectivity index (χ2n) is 3.29. The summed E-state index contributed by atoms with van der Waals surface area (Å²) in [6, 6.07) is 0. The molecule has 1 unspecified atom stereocenters. The summed E-state index contributed by atoms with van der Waals surface area (Å²) in [7, 11) is 0. The van der Waals surface area contributed by atoms with Gasteiger partial charge in [-0.25, -0.2) is 9.97 Å². The van der Waals surface area contributed by atoms with Crippen molar-refractivity contribution in [1.29, 1.82) is 0 Å². The lowest BCUT2D eigenvalue weighted by Crippen LogP contribution is -2.44. The Morgan fingerprint density at radius 3 is 2.93 bits per heavy atom. The van der Waals surface area contributed by atoms with Gasteiger partial charge in [0.15, 0.2) is 0 Å². The number of rotatable bonds is 2. The Labute approximate surface area is 102 Å². The molecule has 0 bridgehead atoms. The Balaban J connectivity index is 2.06. The Bertz CT molecular complexity index is 322. The van der Waals surface area contributed by atoms with Crippen molar-refractivity contribution in [2.75, 3.05) is 30.5 Å². The maximum Gasteiger partial charge on any atom is 0.225 e. The minimum absolute atomic E-state index is 0.0765. The van der Waals surface area contributed by atoms with E-state index in [-0.39, 0.29) is 6.10 Å². The molecule has 1 aliphatic heterocycles. The molecule has 1 atom stereocenters. The van der Waals surface area contributed by atoms with Crippen LogP contribution in [-0.2, 0) is 4.74 Å². The number of alkyl halides is 1. The minimum Gasteiger partial charge on any atom is -0.373 e. The molecule has 2 heterocycles. The molecule has 4 nitrogen and oxygen atoms in total. The van der Waals surface area contributed by atoms with Crippen LogP contribution in [0, 0.1) is 0 Å². The Kier molecular flexibility index (Phi) is 3.77. The van der Waals surface area contributed by atoms with Crippen LogP contribution in [0.5, 0.6) is 0 Å². The van der Waals surface area contributed by atoms with E-state index in [0.717, 1.165) is 23.5 Å². The van der Waals surface area contributed by atoms with Crippen LogP contribution < -0.4 is 4.90 Å². The van der Waals surface area contributed by atoms with E-state index < -0.39 is 0 Å². The molecule has 0 aliphatic carbocycles. The monoisotopic (exact) mass is 291 g/mol. The van der Waals surface area contributed by atoms with Gasteiger partial charge in [-0.2, -0.15) is 0 Å². The quantitative estimate of drug-likeness (QED) is 0.778. The molecule has 1 aliphatic rings. The van der Waals surface area contributed by atoms with Crippen molar-refractivity contribution in [3.05, 3.63) is 16.9 Å². The minimum atomic E-state index is 0.0765. The molecule has 1 aromatic heterocycles. The number of morpholine rings is 1. The standard InChI is InChI=1S/C9H11BrClN3O/c10-7-4-12-9(13-5-7)14-1-2-15-8(3-11)6-14/h4-5,8H,1-3,6H2. The average molecular weight is 293 g/mol. The highest BCUT2D eigenvalue weighted by molar-refractivity contribution is 9.10. The molecule has 0 saturated carbocycles. The van der Waals surface area contributed by atoms with E-state index in [2.05, 4.69) is 30.8 Å². The Hall–Kier alpha value is -0.390. The highest BCUT2D eigenvalue weighted by atomic mass is 79.9. The van der Waals surface area contributed by atoms with Crippen LogP contribution in [0.2, 0.25) is 0 Å². The van der Waals surface area contributed by atoms with Crippen LogP contribution in [0.15, 0.2) is 16.9 Å². The summed E-state index contributed by atoms with van der Waals surface area (Å²) in [6.45, 7) is 2.25. The van der Waals surface area contributed by atoms with Crippen molar-refractivity contribution >= 4 is 33.5 Å². The van der Waals surface area contributed by atoms with Crippen molar-refractivity contribution in [3.8, 4) is 0 Å². The van der Waals surface area contributed by atoms with Gasteiger partial charge in [0, 0.05) is 25.5 Å². The summed E-state index contributed by atoms with van der Waals surface area (Å²) >= 11 is 9.06.